The van der Waals surface area contributed by atoms with Crippen molar-refractivity contribution < 1.29 is 0 Å². The molecule has 6 heteroatoms. The van der Waals surface area contributed by atoms with Gasteiger partial charge in [0.25, 0.3) is 5.56 Å². The third-order valence-corrected chi connectivity index (χ3v) is 5.30. The van der Waals surface area contributed by atoms with Gasteiger partial charge >= 0.3 is 0 Å². The van der Waals surface area contributed by atoms with E-state index in [4.69, 9.17) is 11.6 Å². The summed E-state index contributed by atoms with van der Waals surface area (Å²) in [6, 6.07) is 0.0847. The molecule has 0 aromatic carbocycles. The van der Waals surface area contributed by atoms with Crippen molar-refractivity contribution in [2.75, 3.05) is 5.75 Å². The molecule has 0 saturated carbocycles. The molecule has 0 atom stereocenters. The average molecular weight is 329 g/mol. The molecular formula is C14H17ClN2OS2. The van der Waals surface area contributed by atoms with E-state index in [1.54, 1.807) is 15.9 Å². The summed E-state index contributed by atoms with van der Waals surface area (Å²) in [5, 5.41) is 1.52. The van der Waals surface area contributed by atoms with Gasteiger partial charge in [-0.05, 0) is 33.3 Å². The Morgan fingerprint density at radius 2 is 2.15 bits per heavy atom. The molecule has 0 aliphatic heterocycles. The maximum absolute atomic E-state index is 12.7. The van der Waals surface area contributed by atoms with E-state index in [2.05, 4.69) is 4.98 Å². The average Bonchev–Trinajstić information content (AvgIpc) is 2.65. The van der Waals surface area contributed by atoms with Crippen molar-refractivity contribution >= 4 is 44.9 Å². The summed E-state index contributed by atoms with van der Waals surface area (Å²) in [6.45, 7) is 8.03. The number of thiophene rings is 1. The fraction of sp³-hybridized carbons (Fsp3) is 0.429. The van der Waals surface area contributed by atoms with E-state index in [9.17, 15) is 4.79 Å². The van der Waals surface area contributed by atoms with Crippen molar-refractivity contribution in [3.05, 3.63) is 32.4 Å². The van der Waals surface area contributed by atoms with Gasteiger partial charge in [0.15, 0.2) is 5.16 Å². The highest BCUT2D eigenvalue weighted by molar-refractivity contribution is 7.99. The van der Waals surface area contributed by atoms with Gasteiger partial charge in [-0.15, -0.1) is 11.3 Å². The Kier molecular flexibility index (Phi) is 4.94. The quantitative estimate of drug-likeness (QED) is 0.612. The third-order valence-electron chi connectivity index (χ3n) is 3.12. The molecular weight excluding hydrogens is 312 g/mol. The second-order valence-electron chi connectivity index (χ2n) is 4.80. The molecule has 2 aromatic rings. The Hall–Kier alpha value is -0.780. The molecule has 0 N–H and O–H groups in total. The standard InChI is InChI=1S/C14H17ClN2OS2/c1-8(2)17-13(18)11-9(3)10(4)20-12(11)16-14(17)19-7-5-6-15/h5-6,8H,7H2,1-4H3/b6-5+. The zero-order chi connectivity index (χ0) is 14.9. The second-order valence-corrected chi connectivity index (χ2v) is 7.24. The smallest absolute Gasteiger partial charge is 0.263 e. The molecule has 0 fully saturated rings. The molecule has 20 heavy (non-hydrogen) atoms. The Morgan fingerprint density at radius 1 is 1.45 bits per heavy atom. The van der Waals surface area contributed by atoms with Crippen LogP contribution in [-0.2, 0) is 0 Å². The van der Waals surface area contributed by atoms with E-state index in [0.717, 1.165) is 25.8 Å². The van der Waals surface area contributed by atoms with Crippen molar-refractivity contribution in [3.63, 3.8) is 0 Å². The Balaban J connectivity index is 2.67. The molecule has 2 heterocycles. The van der Waals surface area contributed by atoms with Crippen LogP contribution in [0.1, 0.15) is 30.3 Å². The number of aromatic nitrogens is 2. The molecule has 108 valence electrons. The first-order valence-electron chi connectivity index (χ1n) is 6.37. The van der Waals surface area contributed by atoms with Crippen molar-refractivity contribution in [2.45, 2.75) is 38.9 Å². The van der Waals surface area contributed by atoms with Crippen LogP contribution in [0.15, 0.2) is 21.6 Å². The molecule has 3 nitrogen and oxygen atoms in total. The maximum atomic E-state index is 12.7. The van der Waals surface area contributed by atoms with Gasteiger partial charge in [-0.25, -0.2) is 4.98 Å². The number of aryl methyl sites for hydroxylation is 2. The van der Waals surface area contributed by atoms with Crippen LogP contribution in [0, 0.1) is 13.8 Å². The Bertz CT molecular complexity index is 716. The minimum absolute atomic E-state index is 0.0594. The van der Waals surface area contributed by atoms with Crippen LogP contribution in [0.25, 0.3) is 10.2 Å². The van der Waals surface area contributed by atoms with Gasteiger partial charge in [-0.2, -0.15) is 0 Å². The Morgan fingerprint density at radius 3 is 2.75 bits per heavy atom. The Labute approximate surface area is 131 Å². The van der Waals surface area contributed by atoms with Gasteiger partial charge in [0.05, 0.1) is 5.39 Å². The molecule has 0 amide bonds. The van der Waals surface area contributed by atoms with Crippen molar-refractivity contribution in [1.82, 2.24) is 9.55 Å². The molecule has 2 aromatic heterocycles. The summed E-state index contributed by atoms with van der Waals surface area (Å²) in [7, 11) is 0. The van der Waals surface area contributed by atoms with Crippen LogP contribution in [-0.4, -0.2) is 15.3 Å². The van der Waals surface area contributed by atoms with Crippen molar-refractivity contribution in [2.24, 2.45) is 0 Å². The van der Waals surface area contributed by atoms with Gasteiger partial charge in [-0.3, -0.25) is 9.36 Å². The van der Waals surface area contributed by atoms with E-state index >= 15 is 0 Å². The van der Waals surface area contributed by atoms with Crippen LogP contribution in [0.5, 0.6) is 0 Å². The number of nitrogens with zero attached hydrogens (tertiary/aromatic N) is 2. The van der Waals surface area contributed by atoms with E-state index in [0.29, 0.717) is 5.75 Å². The highest BCUT2D eigenvalue weighted by Gasteiger charge is 2.17. The first-order valence-corrected chi connectivity index (χ1v) is 8.61. The molecule has 0 aliphatic carbocycles. The first-order chi connectivity index (χ1) is 9.47. The second kappa shape index (κ2) is 6.33. The lowest BCUT2D eigenvalue weighted by molar-refractivity contribution is 0.519. The summed E-state index contributed by atoms with van der Waals surface area (Å²) < 4.78 is 1.77. The number of hydrogen-bond acceptors (Lipinski definition) is 4. The van der Waals surface area contributed by atoms with E-state index in [1.165, 1.54) is 17.3 Å². The molecule has 2 rings (SSSR count). The zero-order valence-electron chi connectivity index (χ0n) is 11.9. The number of halogens is 1. The molecule has 0 aliphatic rings. The summed E-state index contributed by atoms with van der Waals surface area (Å²) in [6.07, 6.45) is 1.85. The normalized spacial score (nSPS) is 12.1. The first kappa shape index (κ1) is 15.6. The van der Waals surface area contributed by atoms with Crippen LogP contribution in [0.3, 0.4) is 0 Å². The van der Waals surface area contributed by atoms with Crippen LogP contribution < -0.4 is 5.56 Å². The number of rotatable bonds is 4. The zero-order valence-corrected chi connectivity index (χ0v) is 14.3. The molecule has 0 saturated heterocycles. The fourth-order valence-electron chi connectivity index (χ4n) is 2.00. The lowest BCUT2D eigenvalue weighted by atomic mass is 10.2. The lowest BCUT2D eigenvalue weighted by Crippen LogP contribution is -2.24. The summed E-state index contributed by atoms with van der Waals surface area (Å²) in [4.78, 5) is 19.4. The summed E-state index contributed by atoms with van der Waals surface area (Å²) in [5.41, 5.74) is 2.60. The molecule has 0 spiro atoms. The number of thioether (sulfide) groups is 1. The SMILES string of the molecule is Cc1sc2nc(SC/C=C/Cl)n(C(C)C)c(=O)c2c1C. The van der Waals surface area contributed by atoms with Gasteiger partial charge < -0.3 is 0 Å². The topological polar surface area (TPSA) is 34.9 Å². The fourth-order valence-corrected chi connectivity index (χ4v) is 4.21. The van der Waals surface area contributed by atoms with Crippen LogP contribution in [0.4, 0.5) is 0 Å². The van der Waals surface area contributed by atoms with Gasteiger partial charge in [0.2, 0.25) is 0 Å². The van der Waals surface area contributed by atoms with Crippen LogP contribution in [0.2, 0.25) is 0 Å². The maximum Gasteiger partial charge on any atom is 0.263 e. The lowest BCUT2D eigenvalue weighted by Gasteiger charge is -2.14. The van der Waals surface area contributed by atoms with Gasteiger partial charge in [0.1, 0.15) is 4.83 Å². The van der Waals surface area contributed by atoms with Gasteiger partial charge in [-0.1, -0.05) is 29.4 Å². The van der Waals surface area contributed by atoms with Crippen molar-refractivity contribution in [1.29, 1.82) is 0 Å². The molecule has 0 bridgehead atoms. The van der Waals surface area contributed by atoms with E-state index < -0.39 is 0 Å². The van der Waals surface area contributed by atoms with Crippen LogP contribution >= 0.6 is 34.7 Å². The highest BCUT2D eigenvalue weighted by Crippen LogP contribution is 2.29. The number of fused-ring (bicyclic) bond motifs is 1. The summed E-state index contributed by atoms with van der Waals surface area (Å²) in [5.74, 6) is 0.706. The molecule has 0 radical (unpaired) electrons. The van der Waals surface area contributed by atoms with Crippen molar-refractivity contribution in [3.8, 4) is 0 Å². The number of hydrogen-bond donors (Lipinski definition) is 0. The summed E-state index contributed by atoms with van der Waals surface area (Å²) >= 11 is 8.66. The third kappa shape index (κ3) is 2.80. The predicted molar refractivity (Wildman–Crippen MR) is 89.5 cm³/mol. The highest BCUT2D eigenvalue weighted by atomic mass is 35.5. The van der Waals surface area contributed by atoms with E-state index in [1.807, 2.05) is 33.8 Å². The largest absolute Gasteiger partial charge is 0.284 e. The minimum Gasteiger partial charge on any atom is -0.284 e. The predicted octanol–water partition coefficient (Wildman–Crippen LogP) is 4.50. The van der Waals surface area contributed by atoms with E-state index in [-0.39, 0.29) is 11.6 Å². The van der Waals surface area contributed by atoms with Gasteiger partial charge in [0, 0.05) is 22.2 Å². The minimum atomic E-state index is 0.0594. The monoisotopic (exact) mass is 328 g/mol. The molecule has 0 unspecified atom stereocenters.